The van der Waals surface area contributed by atoms with Gasteiger partial charge in [-0.05, 0) is 0 Å². The van der Waals surface area contributed by atoms with E-state index in [1.54, 1.807) is 6.08 Å². The van der Waals surface area contributed by atoms with Crippen LogP contribution in [0.4, 0.5) is 0 Å². The number of rotatable bonds is 0. The molecule has 41 valence electrons. The van der Waals surface area contributed by atoms with Crippen molar-refractivity contribution in [1.82, 2.24) is 0 Å². The average Bonchev–Trinajstić information content (AvgIpc) is 1.91. The van der Waals surface area contributed by atoms with E-state index in [1.165, 1.54) is 0 Å². The molecule has 1 aliphatic carbocycles. The van der Waals surface area contributed by atoms with Gasteiger partial charge in [0.2, 0.25) is 0 Å². The molecule has 0 fully saturated rings. The van der Waals surface area contributed by atoms with E-state index in [0.29, 0.717) is 5.76 Å². The number of aliphatic hydroxyl groups excluding tert-OH is 1. The molecule has 0 spiro atoms. The summed E-state index contributed by atoms with van der Waals surface area (Å²) in [6.45, 7) is 0. The molecule has 1 nitrogen and oxygen atoms in total. The Hall–Kier alpha value is -0.201. The Labute approximate surface area is 52.0 Å². The summed E-state index contributed by atoms with van der Waals surface area (Å²) in [5.74, 6) is 0.333. The van der Waals surface area contributed by atoms with Crippen molar-refractivity contribution < 1.29 is 22.5 Å². The van der Waals surface area contributed by atoms with Crippen molar-refractivity contribution in [3.05, 3.63) is 22.4 Å². The molecule has 7 heavy (non-hydrogen) atoms. The predicted molar refractivity (Wildman–Crippen MR) is 24.5 cm³/mol. The first kappa shape index (κ1) is 4.95. The van der Waals surface area contributed by atoms with E-state index >= 15 is 0 Å². The molecule has 0 saturated carbocycles. The van der Waals surface area contributed by atoms with Crippen LogP contribution in [-0.2, 0) is 16.0 Å². The molecule has 1 N–H and O–H groups in total. The second-order valence-corrected chi connectivity index (χ2v) is 2.05. The van der Waals surface area contributed by atoms with Gasteiger partial charge < -0.3 is 1.43 Å². The third kappa shape index (κ3) is 0.872. The van der Waals surface area contributed by atoms with Crippen LogP contribution in [0.1, 0.15) is 7.85 Å². The Kier molecular flexibility index (Phi) is 1.22. The van der Waals surface area contributed by atoms with Crippen LogP contribution >= 0.6 is 0 Å². The van der Waals surface area contributed by atoms with Crippen molar-refractivity contribution in [2.75, 3.05) is 0 Å². The van der Waals surface area contributed by atoms with E-state index in [-0.39, 0.29) is 1.43 Å². The Morgan fingerprint density at radius 1 is 1.86 bits per heavy atom. The second kappa shape index (κ2) is 1.73. The Bertz CT molecular complexity index is 139. The van der Waals surface area contributed by atoms with Gasteiger partial charge in [-0.3, -0.25) is 0 Å². The van der Waals surface area contributed by atoms with Crippen LogP contribution in [0.3, 0.4) is 0 Å². The SMILES string of the molecule is OC1=[C]([Fe])CC=C1.[H-]. The van der Waals surface area contributed by atoms with Gasteiger partial charge in [0, 0.05) is 0 Å². The zero-order valence-electron chi connectivity index (χ0n) is 4.66. The standard InChI is InChI=1S/C5H5O.Fe.H/c6-5-3-1-2-4-5;;/h1,3,6H,2H2;;/q;;-1. The molecule has 0 heterocycles. The normalized spacial score (nSPS) is 19.0. The van der Waals surface area contributed by atoms with Gasteiger partial charge in [-0.25, -0.2) is 0 Å². The molecule has 1 rings (SSSR count). The molecule has 0 unspecified atom stereocenters. The Morgan fingerprint density at radius 3 is 2.71 bits per heavy atom. The number of hydrogen-bond donors (Lipinski definition) is 1. The zero-order valence-corrected chi connectivity index (χ0v) is 4.77. The maximum absolute atomic E-state index is 8.73. The molecule has 0 bridgehead atoms. The van der Waals surface area contributed by atoms with Crippen LogP contribution in [-0.4, -0.2) is 5.11 Å². The molecule has 2 heteroatoms. The van der Waals surface area contributed by atoms with Crippen LogP contribution < -0.4 is 0 Å². The summed E-state index contributed by atoms with van der Waals surface area (Å²) < 4.78 is 0.819. The van der Waals surface area contributed by atoms with Crippen molar-refractivity contribution in [3.8, 4) is 0 Å². The maximum Gasteiger partial charge on any atom is -1.00 e. The topological polar surface area (TPSA) is 20.2 Å². The van der Waals surface area contributed by atoms with Crippen LogP contribution in [0, 0.1) is 0 Å². The van der Waals surface area contributed by atoms with Gasteiger partial charge in [0.15, 0.2) is 0 Å². The number of allylic oxidation sites excluding steroid dienone is 3. The van der Waals surface area contributed by atoms with Crippen LogP contribution in [0.2, 0.25) is 0 Å². The fourth-order valence-corrected chi connectivity index (χ4v) is 0.686. The van der Waals surface area contributed by atoms with E-state index in [1.807, 2.05) is 6.08 Å². The number of hydrogen-bond acceptors (Lipinski definition) is 1. The molecule has 1 aliphatic rings. The molecular formula is C5H6FeO-. The quantitative estimate of drug-likeness (QED) is 0.501. The van der Waals surface area contributed by atoms with Crippen molar-refractivity contribution in [2.24, 2.45) is 0 Å². The summed E-state index contributed by atoms with van der Waals surface area (Å²) in [5, 5.41) is 8.73. The van der Waals surface area contributed by atoms with Crippen molar-refractivity contribution in [3.63, 3.8) is 0 Å². The molecule has 0 amide bonds. The fraction of sp³-hybridized carbons (Fsp3) is 0.200. The molecule has 0 atom stereocenters. The van der Waals surface area contributed by atoms with Crippen molar-refractivity contribution in [1.29, 1.82) is 0 Å². The maximum atomic E-state index is 8.73. The van der Waals surface area contributed by atoms with Gasteiger partial charge in [0.25, 0.3) is 0 Å². The summed E-state index contributed by atoms with van der Waals surface area (Å²) in [7, 11) is 0. The van der Waals surface area contributed by atoms with E-state index in [4.69, 9.17) is 5.11 Å². The molecule has 0 saturated heterocycles. The minimum atomic E-state index is 0. The van der Waals surface area contributed by atoms with Gasteiger partial charge in [0.05, 0.1) is 0 Å². The van der Waals surface area contributed by atoms with Crippen LogP contribution in [0.15, 0.2) is 22.4 Å². The molecule has 0 aliphatic heterocycles. The summed E-state index contributed by atoms with van der Waals surface area (Å²) in [5.41, 5.74) is 0. The number of aliphatic hydroxyl groups is 1. The smallest absolute Gasteiger partial charge is 1.00 e. The Morgan fingerprint density at radius 2 is 2.57 bits per heavy atom. The van der Waals surface area contributed by atoms with Gasteiger partial charge in [-0.2, -0.15) is 0 Å². The summed E-state index contributed by atoms with van der Waals surface area (Å²) in [6.07, 6.45) is 4.37. The fourth-order valence-electron chi connectivity index (χ4n) is 0.464. The molecule has 0 aromatic rings. The first-order valence-electron chi connectivity index (χ1n) is 2.03. The van der Waals surface area contributed by atoms with Crippen molar-refractivity contribution in [2.45, 2.75) is 6.42 Å². The summed E-state index contributed by atoms with van der Waals surface area (Å²) >= 11 is 3.59. The van der Waals surface area contributed by atoms with E-state index in [2.05, 4.69) is 16.0 Å². The van der Waals surface area contributed by atoms with Gasteiger partial charge in [-0.15, -0.1) is 0 Å². The third-order valence-corrected chi connectivity index (χ3v) is 1.35. The molecule has 0 radical (unpaired) electrons. The third-order valence-electron chi connectivity index (χ3n) is 0.839. The molecule has 0 aromatic heterocycles. The van der Waals surface area contributed by atoms with Gasteiger partial charge >= 0.3 is 49.9 Å². The minimum absolute atomic E-state index is 0. The molecule has 0 aromatic carbocycles. The summed E-state index contributed by atoms with van der Waals surface area (Å²) in [6, 6.07) is 0. The van der Waals surface area contributed by atoms with E-state index in [0.717, 1.165) is 10.9 Å². The first-order chi connectivity index (χ1) is 3.30. The van der Waals surface area contributed by atoms with Crippen molar-refractivity contribution >= 4 is 0 Å². The summed E-state index contributed by atoms with van der Waals surface area (Å²) in [4.78, 5) is 0. The first-order valence-corrected chi connectivity index (χ1v) is 2.59. The van der Waals surface area contributed by atoms with E-state index in [9.17, 15) is 0 Å². The molecular weight excluding hydrogens is 132 g/mol. The monoisotopic (exact) mass is 138 g/mol. The van der Waals surface area contributed by atoms with Crippen LogP contribution in [0.25, 0.3) is 0 Å². The predicted octanol–water partition coefficient (Wildman–Crippen LogP) is 1.38. The van der Waals surface area contributed by atoms with Crippen LogP contribution in [0.5, 0.6) is 0 Å². The Balaban J connectivity index is 0.000000490. The van der Waals surface area contributed by atoms with Gasteiger partial charge in [0.1, 0.15) is 0 Å². The second-order valence-electron chi connectivity index (χ2n) is 1.38. The minimum Gasteiger partial charge on any atom is -1.00 e. The zero-order chi connectivity index (χ0) is 5.28. The van der Waals surface area contributed by atoms with E-state index < -0.39 is 0 Å². The average molecular weight is 138 g/mol. The largest absolute Gasteiger partial charge is 1.00 e. The van der Waals surface area contributed by atoms with Gasteiger partial charge in [-0.1, -0.05) is 0 Å².